The summed E-state index contributed by atoms with van der Waals surface area (Å²) in [6.07, 6.45) is 0. The minimum atomic E-state index is -4.64. The van der Waals surface area contributed by atoms with E-state index in [2.05, 4.69) is 0 Å². The number of nitrogens with two attached hydrogens (primary N) is 2. The second kappa shape index (κ2) is 10.5. The molecule has 0 fully saturated rings. The van der Waals surface area contributed by atoms with Crippen LogP contribution in [0.5, 0.6) is 0 Å². The number of hydrogen-bond acceptors (Lipinski definition) is 7. The Hall–Kier alpha value is -0.330. The fraction of sp³-hybridized carbons (Fsp3) is 0.667. The Morgan fingerprint density at radius 1 is 0.947 bits per heavy atom. The van der Waals surface area contributed by atoms with Crippen molar-refractivity contribution in [3.05, 3.63) is 0 Å². The normalized spacial score (nSPS) is 13.9. The van der Waals surface area contributed by atoms with Crippen molar-refractivity contribution in [2.75, 3.05) is 11.5 Å². The molecular weight excluding hydrogens is 323 g/mol. The van der Waals surface area contributed by atoms with Gasteiger partial charge in [-0.05, 0) is 0 Å². The van der Waals surface area contributed by atoms with E-state index >= 15 is 0 Å². The van der Waals surface area contributed by atoms with E-state index in [0.29, 0.717) is 0 Å². The van der Waals surface area contributed by atoms with Gasteiger partial charge in [0.25, 0.3) is 0 Å². The summed E-state index contributed by atoms with van der Waals surface area (Å²) in [5.74, 6) is -1.68. The number of hydrogen-bond donors (Lipinski definition) is 7. The Balaban J connectivity index is 0. The summed E-state index contributed by atoms with van der Waals surface area (Å²) in [5.41, 5.74) is 10.4. The zero-order valence-corrected chi connectivity index (χ0v) is 12.0. The molecule has 0 aliphatic rings. The molecule has 114 valence electrons. The van der Waals surface area contributed by atoms with E-state index in [1.807, 2.05) is 0 Å². The van der Waals surface area contributed by atoms with Crippen molar-refractivity contribution in [1.29, 1.82) is 0 Å². The standard InChI is InChI=1S/C6H12N2O4S2.H3O4P/c7-3(5(9)10)1-13-14-2-4(8)6(11)12;1-5(2,3)4/h3-4H,1-2,7-8H2,(H,9,10)(H,11,12);(H3,1,2,3,4)/t3-,4-;/m0./s1. The first-order valence-electron chi connectivity index (χ1n) is 4.44. The number of carboxylic acid groups (broad SMARTS) is 2. The van der Waals surface area contributed by atoms with Crippen LogP contribution in [0.4, 0.5) is 0 Å². The summed E-state index contributed by atoms with van der Waals surface area (Å²) < 4.78 is 8.88. The lowest BCUT2D eigenvalue weighted by Gasteiger charge is -2.07. The summed E-state index contributed by atoms with van der Waals surface area (Å²) in [5, 5.41) is 16.8. The summed E-state index contributed by atoms with van der Waals surface area (Å²) in [6, 6.07) is -1.85. The van der Waals surface area contributed by atoms with E-state index in [0.717, 1.165) is 0 Å². The molecule has 0 aromatic heterocycles. The van der Waals surface area contributed by atoms with E-state index in [4.69, 9.17) is 40.9 Å². The predicted molar refractivity (Wildman–Crippen MR) is 70.4 cm³/mol. The lowest BCUT2D eigenvalue weighted by atomic mass is 10.4. The molecule has 10 nitrogen and oxygen atoms in total. The highest BCUT2D eigenvalue weighted by Gasteiger charge is 2.14. The summed E-state index contributed by atoms with van der Waals surface area (Å²) in [4.78, 5) is 42.1. The summed E-state index contributed by atoms with van der Waals surface area (Å²) >= 11 is 0. The Bertz CT molecular complexity index is 307. The van der Waals surface area contributed by atoms with Gasteiger partial charge in [-0.25, -0.2) is 4.57 Å². The average molecular weight is 338 g/mol. The van der Waals surface area contributed by atoms with E-state index < -0.39 is 31.8 Å². The molecule has 0 heterocycles. The SMILES string of the molecule is N[C@@H](CSSC[C@H](N)C(=O)O)C(=O)O.O=P(O)(O)O. The maximum atomic E-state index is 10.3. The van der Waals surface area contributed by atoms with Gasteiger partial charge in [-0.2, -0.15) is 0 Å². The topological polar surface area (TPSA) is 204 Å². The molecule has 2 atom stereocenters. The largest absolute Gasteiger partial charge is 0.480 e. The maximum absolute atomic E-state index is 10.3. The molecule has 0 saturated carbocycles. The lowest BCUT2D eigenvalue weighted by Crippen LogP contribution is -2.33. The van der Waals surface area contributed by atoms with Gasteiger partial charge in [0.05, 0.1) is 0 Å². The molecule has 0 bridgehead atoms. The number of carboxylic acids is 2. The average Bonchev–Trinajstić information content (AvgIpc) is 2.20. The van der Waals surface area contributed by atoms with Crippen LogP contribution in [0.3, 0.4) is 0 Å². The molecule has 0 saturated heterocycles. The van der Waals surface area contributed by atoms with E-state index in [-0.39, 0.29) is 11.5 Å². The summed E-state index contributed by atoms with van der Waals surface area (Å²) in [7, 11) is -2.23. The molecule has 0 radical (unpaired) electrons. The Morgan fingerprint density at radius 3 is 1.32 bits per heavy atom. The first kappa shape index (κ1) is 21.0. The third-order valence-corrected chi connectivity index (χ3v) is 3.69. The van der Waals surface area contributed by atoms with Crippen molar-refractivity contribution < 1.29 is 39.0 Å². The predicted octanol–water partition coefficient (Wildman–Crippen LogP) is -1.74. The first-order chi connectivity index (χ1) is 8.45. The van der Waals surface area contributed by atoms with E-state index in [9.17, 15) is 9.59 Å². The third-order valence-electron chi connectivity index (χ3n) is 1.21. The van der Waals surface area contributed by atoms with E-state index in [1.165, 1.54) is 21.6 Å². The van der Waals surface area contributed by atoms with Gasteiger partial charge in [0.2, 0.25) is 0 Å². The van der Waals surface area contributed by atoms with Crippen LogP contribution in [-0.2, 0) is 14.2 Å². The molecule has 0 spiro atoms. The van der Waals surface area contributed by atoms with Crippen molar-refractivity contribution in [3.8, 4) is 0 Å². The molecule has 0 rings (SSSR count). The molecule has 0 aromatic rings. The van der Waals surface area contributed by atoms with Gasteiger partial charge < -0.3 is 36.4 Å². The van der Waals surface area contributed by atoms with Crippen LogP contribution in [0, 0.1) is 0 Å². The molecule has 19 heavy (non-hydrogen) atoms. The molecular formula is C6H15N2O8PS2. The zero-order chi connectivity index (χ0) is 15.6. The Kier molecular flexibility index (Phi) is 11.5. The highest BCUT2D eigenvalue weighted by molar-refractivity contribution is 8.76. The maximum Gasteiger partial charge on any atom is 0.466 e. The van der Waals surface area contributed by atoms with Crippen molar-refractivity contribution in [2.24, 2.45) is 11.5 Å². The molecule has 0 unspecified atom stereocenters. The zero-order valence-electron chi connectivity index (χ0n) is 9.45. The van der Waals surface area contributed by atoms with Crippen molar-refractivity contribution >= 4 is 41.3 Å². The Labute approximate surface area is 116 Å². The molecule has 0 amide bonds. The minimum absolute atomic E-state index is 0.229. The highest BCUT2D eigenvalue weighted by atomic mass is 33.1. The van der Waals surface area contributed by atoms with Crippen LogP contribution in [0.1, 0.15) is 0 Å². The number of phosphoric acid groups is 1. The molecule has 0 aliphatic heterocycles. The lowest BCUT2D eigenvalue weighted by molar-refractivity contribution is -0.138. The first-order valence-corrected chi connectivity index (χ1v) is 8.50. The van der Waals surface area contributed by atoms with Gasteiger partial charge >= 0.3 is 19.8 Å². The van der Waals surface area contributed by atoms with Crippen LogP contribution >= 0.6 is 29.4 Å². The van der Waals surface area contributed by atoms with E-state index in [1.54, 1.807) is 0 Å². The number of aliphatic carboxylic acids is 2. The second-order valence-corrected chi connectivity index (χ2v) is 6.55. The van der Waals surface area contributed by atoms with Crippen LogP contribution in [0.2, 0.25) is 0 Å². The van der Waals surface area contributed by atoms with Crippen LogP contribution in [0.25, 0.3) is 0 Å². The molecule has 0 aromatic carbocycles. The van der Waals surface area contributed by atoms with Gasteiger partial charge in [-0.1, -0.05) is 21.6 Å². The second-order valence-electron chi connectivity index (χ2n) is 2.97. The number of carbonyl (C=O) groups is 2. The van der Waals surface area contributed by atoms with Gasteiger partial charge in [0, 0.05) is 11.5 Å². The quantitative estimate of drug-likeness (QED) is 0.157. The van der Waals surface area contributed by atoms with Crippen molar-refractivity contribution in [3.63, 3.8) is 0 Å². The van der Waals surface area contributed by atoms with Gasteiger partial charge in [0.15, 0.2) is 0 Å². The van der Waals surface area contributed by atoms with Gasteiger partial charge in [-0.3, -0.25) is 9.59 Å². The molecule has 9 N–H and O–H groups in total. The monoisotopic (exact) mass is 338 g/mol. The van der Waals surface area contributed by atoms with Crippen molar-refractivity contribution in [2.45, 2.75) is 12.1 Å². The van der Waals surface area contributed by atoms with Gasteiger partial charge in [0.1, 0.15) is 12.1 Å². The molecule has 0 aliphatic carbocycles. The van der Waals surface area contributed by atoms with Crippen LogP contribution < -0.4 is 11.5 Å². The Morgan fingerprint density at radius 2 is 1.16 bits per heavy atom. The van der Waals surface area contributed by atoms with Crippen LogP contribution in [-0.4, -0.2) is 60.4 Å². The molecule has 13 heteroatoms. The van der Waals surface area contributed by atoms with Crippen molar-refractivity contribution in [1.82, 2.24) is 0 Å². The number of rotatable bonds is 7. The fourth-order valence-corrected chi connectivity index (χ4v) is 2.61. The highest BCUT2D eigenvalue weighted by Crippen LogP contribution is 2.25. The third kappa shape index (κ3) is 20.2. The van der Waals surface area contributed by atoms with Gasteiger partial charge in [-0.15, -0.1) is 0 Å². The smallest absolute Gasteiger partial charge is 0.466 e. The fourth-order valence-electron chi connectivity index (χ4n) is 0.385. The minimum Gasteiger partial charge on any atom is -0.480 e. The van der Waals surface area contributed by atoms with Crippen LogP contribution in [0.15, 0.2) is 0 Å². The summed E-state index contributed by atoms with van der Waals surface area (Å²) in [6.45, 7) is 0.